The average Bonchev–Trinajstić information content (AvgIpc) is 2.91. The second kappa shape index (κ2) is 8.53. The van der Waals surface area contributed by atoms with E-state index in [1.807, 2.05) is 32.2 Å². The van der Waals surface area contributed by atoms with Gasteiger partial charge in [-0.25, -0.2) is 8.42 Å². The number of morpholine rings is 1. The van der Waals surface area contributed by atoms with Crippen molar-refractivity contribution in [2.24, 2.45) is 0 Å². The molecule has 0 saturated carbocycles. The van der Waals surface area contributed by atoms with Crippen LogP contribution in [0.2, 0.25) is 0 Å². The Morgan fingerprint density at radius 3 is 2.57 bits per heavy atom. The number of thioether (sulfide) groups is 1. The summed E-state index contributed by atoms with van der Waals surface area (Å²) in [6.07, 6.45) is 1.91. The number of hydrogen-bond donors (Lipinski definition) is 1. The highest BCUT2D eigenvalue weighted by atomic mass is 32.2. The number of sulfonamides is 1. The summed E-state index contributed by atoms with van der Waals surface area (Å²) in [7, 11) is -3.25. The Morgan fingerprint density at radius 1 is 1.26 bits per heavy atom. The Balaban J connectivity index is 1.75. The zero-order chi connectivity index (χ0) is 16.9. The van der Waals surface area contributed by atoms with E-state index < -0.39 is 10.0 Å². The number of nitrogens with one attached hydrogen (secondary N) is 1. The fourth-order valence-corrected chi connectivity index (χ4v) is 4.61. The van der Waals surface area contributed by atoms with Crippen LogP contribution in [0.5, 0.6) is 0 Å². The van der Waals surface area contributed by atoms with Gasteiger partial charge >= 0.3 is 0 Å². The van der Waals surface area contributed by atoms with Crippen LogP contribution in [0.25, 0.3) is 0 Å². The highest BCUT2D eigenvalue weighted by Gasteiger charge is 2.30. The molecular weight excluding hydrogens is 336 g/mol. The molecule has 1 saturated heterocycles. The summed E-state index contributed by atoms with van der Waals surface area (Å²) in [6.45, 7) is 5.62. The molecule has 1 aliphatic rings. The zero-order valence-corrected chi connectivity index (χ0v) is 15.6. The Hall–Kier alpha value is -0.540. The Kier molecular flexibility index (Phi) is 6.97. The van der Waals surface area contributed by atoms with Gasteiger partial charge in [-0.15, -0.1) is 0 Å². The number of furan rings is 1. The molecule has 1 aliphatic heterocycles. The molecule has 0 spiro atoms. The number of hydrogen-bond acceptors (Lipinski definition) is 6. The monoisotopic (exact) mass is 362 g/mol. The minimum absolute atomic E-state index is 0.0561. The summed E-state index contributed by atoms with van der Waals surface area (Å²) in [6, 6.07) is 3.89. The van der Waals surface area contributed by atoms with Crippen LogP contribution in [-0.2, 0) is 27.1 Å². The largest absolute Gasteiger partial charge is 0.464 e. The first kappa shape index (κ1) is 18.8. The fraction of sp³-hybridized carbons (Fsp3) is 0.733. The average molecular weight is 363 g/mol. The highest BCUT2D eigenvalue weighted by Crippen LogP contribution is 2.15. The van der Waals surface area contributed by atoms with Crippen molar-refractivity contribution in [2.45, 2.75) is 38.4 Å². The lowest BCUT2D eigenvalue weighted by Gasteiger charge is -2.34. The van der Waals surface area contributed by atoms with Crippen molar-refractivity contribution in [3.05, 3.63) is 23.7 Å². The van der Waals surface area contributed by atoms with E-state index in [0.717, 1.165) is 17.3 Å². The summed E-state index contributed by atoms with van der Waals surface area (Å²) in [5.41, 5.74) is 0. The minimum Gasteiger partial charge on any atom is -0.464 e. The number of rotatable bonds is 8. The van der Waals surface area contributed by atoms with Crippen LogP contribution in [0.15, 0.2) is 16.5 Å². The van der Waals surface area contributed by atoms with E-state index in [-0.39, 0.29) is 18.0 Å². The normalized spacial score (nSPS) is 23.3. The van der Waals surface area contributed by atoms with Gasteiger partial charge in [0.2, 0.25) is 10.0 Å². The SMILES string of the molecule is CSCc1ccc(CNCCS(=O)(=O)N2C[C@@H](C)O[C@@H](C)C2)o1. The van der Waals surface area contributed by atoms with E-state index in [1.165, 1.54) is 4.31 Å². The van der Waals surface area contributed by atoms with Crippen LogP contribution in [0, 0.1) is 0 Å². The van der Waals surface area contributed by atoms with Gasteiger partial charge in [0.15, 0.2) is 0 Å². The van der Waals surface area contributed by atoms with Crippen LogP contribution in [0.4, 0.5) is 0 Å². The summed E-state index contributed by atoms with van der Waals surface area (Å²) < 4.78 is 37.5. The molecule has 0 radical (unpaired) electrons. The summed E-state index contributed by atoms with van der Waals surface area (Å²) in [4.78, 5) is 0. The molecule has 6 nitrogen and oxygen atoms in total. The van der Waals surface area contributed by atoms with Crippen molar-refractivity contribution in [3.63, 3.8) is 0 Å². The smallest absolute Gasteiger partial charge is 0.215 e. The second-order valence-electron chi connectivity index (χ2n) is 5.87. The lowest BCUT2D eigenvalue weighted by Crippen LogP contribution is -2.49. The summed E-state index contributed by atoms with van der Waals surface area (Å²) in [5, 5.41) is 3.14. The minimum atomic E-state index is -3.25. The summed E-state index contributed by atoms with van der Waals surface area (Å²) in [5.74, 6) is 2.71. The molecule has 1 aromatic heterocycles. The lowest BCUT2D eigenvalue weighted by atomic mass is 10.3. The van der Waals surface area contributed by atoms with Crippen molar-refractivity contribution in [1.82, 2.24) is 9.62 Å². The van der Waals surface area contributed by atoms with Gasteiger partial charge in [-0.1, -0.05) is 0 Å². The van der Waals surface area contributed by atoms with E-state index >= 15 is 0 Å². The first-order valence-electron chi connectivity index (χ1n) is 7.81. The number of ether oxygens (including phenoxy) is 1. The van der Waals surface area contributed by atoms with E-state index in [0.29, 0.717) is 26.2 Å². The molecule has 23 heavy (non-hydrogen) atoms. The Labute approximate surface area is 143 Å². The molecule has 0 aliphatic carbocycles. The molecule has 2 heterocycles. The molecule has 0 unspecified atom stereocenters. The Bertz CT molecular complexity index is 578. The van der Waals surface area contributed by atoms with Crippen molar-refractivity contribution >= 4 is 21.8 Å². The second-order valence-corrected chi connectivity index (χ2v) is 8.82. The fourth-order valence-electron chi connectivity index (χ4n) is 2.64. The standard InChI is InChI=1S/C15H26N2O4S2/c1-12-9-17(10-13(2)20-12)23(18,19)7-6-16-8-14-4-5-15(21-14)11-22-3/h4-5,12-13,16H,6-11H2,1-3H3/t12-,13+. The quantitative estimate of drug-likeness (QED) is 0.710. The molecule has 132 valence electrons. The summed E-state index contributed by atoms with van der Waals surface area (Å²) >= 11 is 1.71. The molecule has 1 fully saturated rings. The van der Waals surface area contributed by atoms with Crippen molar-refractivity contribution in [3.8, 4) is 0 Å². The lowest BCUT2D eigenvalue weighted by molar-refractivity contribution is -0.0440. The van der Waals surface area contributed by atoms with Crippen LogP contribution >= 0.6 is 11.8 Å². The van der Waals surface area contributed by atoms with Crippen molar-refractivity contribution in [2.75, 3.05) is 31.6 Å². The van der Waals surface area contributed by atoms with Crippen LogP contribution in [-0.4, -0.2) is 56.6 Å². The molecule has 1 aromatic rings. The maximum atomic E-state index is 12.4. The maximum Gasteiger partial charge on any atom is 0.215 e. The molecule has 0 bridgehead atoms. The van der Waals surface area contributed by atoms with Crippen molar-refractivity contribution in [1.29, 1.82) is 0 Å². The maximum absolute atomic E-state index is 12.4. The highest BCUT2D eigenvalue weighted by molar-refractivity contribution is 7.97. The van der Waals surface area contributed by atoms with E-state index in [4.69, 9.17) is 9.15 Å². The topological polar surface area (TPSA) is 71.8 Å². The van der Waals surface area contributed by atoms with Gasteiger partial charge in [-0.3, -0.25) is 0 Å². The van der Waals surface area contributed by atoms with E-state index in [2.05, 4.69) is 5.32 Å². The van der Waals surface area contributed by atoms with E-state index in [9.17, 15) is 8.42 Å². The predicted octanol–water partition coefficient (Wildman–Crippen LogP) is 1.67. The molecule has 1 N–H and O–H groups in total. The first-order chi connectivity index (χ1) is 10.9. The van der Waals surface area contributed by atoms with Crippen LogP contribution < -0.4 is 5.32 Å². The van der Waals surface area contributed by atoms with Gasteiger partial charge < -0.3 is 14.5 Å². The van der Waals surface area contributed by atoms with Crippen molar-refractivity contribution < 1.29 is 17.6 Å². The van der Waals surface area contributed by atoms with Crippen LogP contribution in [0.3, 0.4) is 0 Å². The third kappa shape index (κ3) is 5.79. The molecule has 2 atom stereocenters. The first-order valence-corrected chi connectivity index (χ1v) is 10.8. The zero-order valence-electron chi connectivity index (χ0n) is 13.9. The van der Waals surface area contributed by atoms with Gasteiger partial charge in [-0.05, 0) is 32.2 Å². The van der Waals surface area contributed by atoms with Gasteiger partial charge in [0.25, 0.3) is 0 Å². The molecule has 0 aromatic carbocycles. The molecular formula is C15H26N2O4S2. The third-order valence-electron chi connectivity index (χ3n) is 3.62. The third-order valence-corrected chi connectivity index (χ3v) is 6.00. The molecule has 0 amide bonds. The molecule has 2 rings (SSSR count). The van der Waals surface area contributed by atoms with Gasteiger partial charge in [-0.2, -0.15) is 16.1 Å². The molecule has 8 heteroatoms. The van der Waals surface area contributed by atoms with Crippen LogP contribution in [0.1, 0.15) is 25.4 Å². The van der Waals surface area contributed by atoms with Gasteiger partial charge in [0.1, 0.15) is 11.5 Å². The van der Waals surface area contributed by atoms with Gasteiger partial charge in [0.05, 0.1) is 30.3 Å². The van der Waals surface area contributed by atoms with E-state index in [1.54, 1.807) is 11.8 Å². The van der Waals surface area contributed by atoms with Gasteiger partial charge in [0, 0.05) is 19.6 Å². The number of nitrogens with zero attached hydrogens (tertiary/aromatic N) is 1. The Morgan fingerprint density at radius 2 is 1.91 bits per heavy atom. The predicted molar refractivity (Wildman–Crippen MR) is 93.0 cm³/mol.